The molecule has 0 atom stereocenters. The highest BCUT2D eigenvalue weighted by atomic mass is 35.5. The van der Waals surface area contributed by atoms with Gasteiger partial charge in [0.25, 0.3) is 11.5 Å². The SMILES string of the molecule is O=C1NC2(CCCCC2)n2c1c(Cl)cc(Nc1ncncn1)c2=O. The van der Waals surface area contributed by atoms with Crippen molar-refractivity contribution >= 4 is 29.1 Å². The van der Waals surface area contributed by atoms with E-state index in [1.54, 1.807) is 0 Å². The Morgan fingerprint density at radius 2 is 1.88 bits per heavy atom. The second-order valence-corrected chi connectivity index (χ2v) is 6.44. The maximum Gasteiger partial charge on any atom is 0.276 e. The van der Waals surface area contributed by atoms with E-state index in [4.69, 9.17) is 11.6 Å². The van der Waals surface area contributed by atoms with Crippen molar-refractivity contribution in [3.8, 4) is 0 Å². The molecule has 0 unspecified atom stereocenters. The van der Waals surface area contributed by atoms with Gasteiger partial charge in [-0.2, -0.15) is 0 Å². The highest BCUT2D eigenvalue weighted by Crippen LogP contribution is 2.38. The lowest BCUT2D eigenvalue weighted by molar-refractivity contribution is 0.0877. The Hall–Kier alpha value is -2.48. The van der Waals surface area contributed by atoms with Crippen LogP contribution in [-0.2, 0) is 5.66 Å². The predicted octanol–water partition coefficient (Wildman–Crippen LogP) is 1.79. The van der Waals surface area contributed by atoms with Gasteiger partial charge in [-0.05, 0) is 31.7 Å². The van der Waals surface area contributed by atoms with E-state index in [-0.39, 0.29) is 33.8 Å². The molecule has 0 aromatic carbocycles. The lowest BCUT2D eigenvalue weighted by Gasteiger charge is -2.35. The number of nitrogens with zero attached hydrogens (tertiary/aromatic N) is 4. The smallest absolute Gasteiger partial charge is 0.276 e. The fourth-order valence-corrected chi connectivity index (χ4v) is 3.81. The zero-order valence-corrected chi connectivity index (χ0v) is 13.5. The Labute approximate surface area is 142 Å². The Balaban J connectivity index is 1.85. The van der Waals surface area contributed by atoms with Gasteiger partial charge < -0.3 is 10.6 Å². The molecule has 4 rings (SSSR count). The van der Waals surface area contributed by atoms with Crippen LogP contribution < -0.4 is 16.2 Å². The van der Waals surface area contributed by atoms with Crippen molar-refractivity contribution in [3.63, 3.8) is 0 Å². The largest absolute Gasteiger partial charge is 0.327 e. The molecule has 8 nitrogen and oxygen atoms in total. The minimum absolute atomic E-state index is 0.227. The van der Waals surface area contributed by atoms with Gasteiger partial charge in [0.05, 0.1) is 5.02 Å². The van der Waals surface area contributed by atoms with Crippen molar-refractivity contribution in [1.29, 1.82) is 0 Å². The molecule has 2 N–H and O–H groups in total. The van der Waals surface area contributed by atoms with Crippen molar-refractivity contribution in [2.45, 2.75) is 37.8 Å². The third kappa shape index (κ3) is 2.25. The fourth-order valence-electron chi connectivity index (χ4n) is 3.53. The highest BCUT2D eigenvalue weighted by molar-refractivity contribution is 6.34. The lowest BCUT2D eigenvalue weighted by Crippen LogP contribution is -2.48. The first-order valence-corrected chi connectivity index (χ1v) is 8.16. The van der Waals surface area contributed by atoms with Gasteiger partial charge in [0.15, 0.2) is 0 Å². The Morgan fingerprint density at radius 1 is 1.17 bits per heavy atom. The van der Waals surface area contributed by atoms with Gasteiger partial charge in [-0.15, -0.1) is 0 Å². The van der Waals surface area contributed by atoms with E-state index in [9.17, 15) is 9.59 Å². The fraction of sp³-hybridized carbons (Fsp3) is 0.400. The van der Waals surface area contributed by atoms with Gasteiger partial charge in [-0.3, -0.25) is 14.2 Å². The number of pyridine rings is 1. The van der Waals surface area contributed by atoms with Gasteiger partial charge in [0, 0.05) is 0 Å². The third-order valence-electron chi connectivity index (χ3n) is 4.56. The number of aromatic nitrogens is 4. The molecule has 1 amide bonds. The molecule has 1 aliphatic heterocycles. The van der Waals surface area contributed by atoms with Crippen molar-refractivity contribution in [2.75, 3.05) is 5.32 Å². The van der Waals surface area contributed by atoms with Crippen LogP contribution in [0.4, 0.5) is 11.6 Å². The van der Waals surface area contributed by atoms with Crippen molar-refractivity contribution < 1.29 is 4.79 Å². The summed E-state index contributed by atoms with van der Waals surface area (Å²) in [5.74, 6) is -0.0561. The summed E-state index contributed by atoms with van der Waals surface area (Å²) in [5, 5.41) is 6.07. The summed E-state index contributed by atoms with van der Waals surface area (Å²) < 4.78 is 1.51. The zero-order valence-electron chi connectivity index (χ0n) is 12.8. The molecular formula is C15H15ClN6O2. The zero-order chi connectivity index (χ0) is 16.7. The number of amides is 1. The molecule has 0 radical (unpaired) electrons. The van der Waals surface area contributed by atoms with Crippen LogP contribution in [-0.4, -0.2) is 25.4 Å². The summed E-state index contributed by atoms with van der Waals surface area (Å²) in [4.78, 5) is 37.0. The van der Waals surface area contributed by atoms with Crippen molar-refractivity contribution in [2.24, 2.45) is 0 Å². The van der Waals surface area contributed by atoms with Gasteiger partial charge in [0.2, 0.25) is 5.95 Å². The molecule has 1 aliphatic carbocycles. The highest BCUT2D eigenvalue weighted by Gasteiger charge is 2.45. The second kappa shape index (κ2) is 5.55. The molecular weight excluding hydrogens is 332 g/mol. The Morgan fingerprint density at radius 3 is 2.58 bits per heavy atom. The van der Waals surface area contributed by atoms with Crippen LogP contribution in [0.1, 0.15) is 42.6 Å². The van der Waals surface area contributed by atoms with Crippen LogP contribution in [0.5, 0.6) is 0 Å². The molecule has 9 heteroatoms. The topological polar surface area (TPSA) is 102 Å². The first kappa shape index (κ1) is 15.1. The van der Waals surface area contributed by atoms with Crippen molar-refractivity contribution in [1.82, 2.24) is 24.8 Å². The molecule has 0 bridgehead atoms. The van der Waals surface area contributed by atoms with E-state index in [0.717, 1.165) is 32.1 Å². The number of carbonyl (C=O) groups is 1. The summed E-state index contributed by atoms with van der Waals surface area (Å²) in [7, 11) is 0. The number of anilines is 2. The molecule has 124 valence electrons. The van der Waals surface area contributed by atoms with E-state index in [1.807, 2.05) is 0 Å². The number of hydrogen-bond acceptors (Lipinski definition) is 6. The van der Waals surface area contributed by atoms with Crippen LogP contribution in [0, 0.1) is 0 Å². The predicted molar refractivity (Wildman–Crippen MR) is 87.3 cm³/mol. The standard InChI is InChI=1S/C15H15ClN6O2/c16-9-6-10(20-14-18-7-17-8-19-14)13(24)22-11(9)12(23)21-15(22)4-2-1-3-5-15/h6-8H,1-5H2,(H,21,23)(H,17,18,19,20). The normalized spacial score (nSPS) is 18.3. The summed E-state index contributed by atoms with van der Waals surface area (Å²) >= 11 is 6.30. The average molecular weight is 347 g/mol. The molecule has 2 aliphatic rings. The maximum atomic E-state index is 13.0. The molecule has 3 heterocycles. The molecule has 2 aromatic heterocycles. The number of carbonyl (C=O) groups excluding carboxylic acids is 1. The molecule has 1 spiro atoms. The summed E-state index contributed by atoms with van der Waals surface area (Å²) in [6.45, 7) is 0. The lowest BCUT2D eigenvalue weighted by atomic mass is 9.89. The van der Waals surface area contributed by atoms with E-state index >= 15 is 0 Å². The number of rotatable bonds is 2. The van der Waals surface area contributed by atoms with Crippen LogP contribution in [0.15, 0.2) is 23.5 Å². The van der Waals surface area contributed by atoms with E-state index in [0.29, 0.717) is 0 Å². The first-order chi connectivity index (χ1) is 11.6. The summed E-state index contributed by atoms with van der Waals surface area (Å²) in [6, 6.07) is 1.45. The van der Waals surface area contributed by atoms with Crippen LogP contribution in [0.2, 0.25) is 5.02 Å². The Kier molecular flexibility index (Phi) is 3.49. The number of fused-ring (bicyclic) bond motifs is 2. The van der Waals surface area contributed by atoms with E-state index in [1.165, 1.54) is 23.3 Å². The van der Waals surface area contributed by atoms with E-state index < -0.39 is 5.66 Å². The molecule has 2 aromatic rings. The van der Waals surface area contributed by atoms with Gasteiger partial charge in [-0.25, -0.2) is 15.0 Å². The first-order valence-electron chi connectivity index (χ1n) is 7.78. The molecule has 24 heavy (non-hydrogen) atoms. The summed E-state index contributed by atoms with van der Waals surface area (Å²) in [5.41, 5.74) is -0.529. The van der Waals surface area contributed by atoms with Crippen molar-refractivity contribution in [3.05, 3.63) is 39.8 Å². The monoisotopic (exact) mass is 346 g/mol. The minimum atomic E-state index is -0.678. The Bertz CT molecular complexity index is 860. The van der Waals surface area contributed by atoms with Gasteiger partial charge in [-0.1, -0.05) is 18.0 Å². The summed E-state index contributed by atoms with van der Waals surface area (Å²) in [6.07, 6.45) is 7.10. The van der Waals surface area contributed by atoms with E-state index in [2.05, 4.69) is 25.6 Å². The molecule has 0 saturated heterocycles. The van der Waals surface area contributed by atoms with Crippen LogP contribution in [0.3, 0.4) is 0 Å². The van der Waals surface area contributed by atoms with Gasteiger partial charge in [0.1, 0.15) is 29.7 Å². The number of halogens is 1. The van der Waals surface area contributed by atoms with Crippen LogP contribution in [0.25, 0.3) is 0 Å². The average Bonchev–Trinajstić information content (AvgIpc) is 2.86. The van der Waals surface area contributed by atoms with Crippen LogP contribution >= 0.6 is 11.6 Å². The third-order valence-corrected chi connectivity index (χ3v) is 4.85. The number of nitrogens with one attached hydrogen (secondary N) is 2. The molecule has 1 saturated carbocycles. The number of hydrogen-bond donors (Lipinski definition) is 2. The van der Waals surface area contributed by atoms with Gasteiger partial charge >= 0.3 is 0 Å². The molecule has 1 fully saturated rings. The second-order valence-electron chi connectivity index (χ2n) is 6.03. The minimum Gasteiger partial charge on any atom is -0.327 e. The maximum absolute atomic E-state index is 13.0. The quantitative estimate of drug-likeness (QED) is 0.859.